The Hall–Kier alpha value is -0.0800. The molecule has 0 N–H and O–H groups in total. The largest absolute Gasteiger partial charge is 0.378 e. The molecule has 2 heteroatoms. The van der Waals surface area contributed by atoms with Gasteiger partial charge in [-0.25, -0.2) is 0 Å². The van der Waals surface area contributed by atoms with E-state index in [4.69, 9.17) is 9.47 Å². The van der Waals surface area contributed by atoms with Gasteiger partial charge in [-0.3, -0.25) is 0 Å². The van der Waals surface area contributed by atoms with Crippen molar-refractivity contribution in [2.75, 3.05) is 13.2 Å². The molecule has 0 spiro atoms. The minimum Gasteiger partial charge on any atom is -0.378 e. The van der Waals surface area contributed by atoms with Crippen LogP contribution in [0.15, 0.2) is 0 Å². The number of rotatable bonds is 7. The van der Waals surface area contributed by atoms with Crippen LogP contribution in [0.3, 0.4) is 0 Å². The van der Waals surface area contributed by atoms with E-state index in [9.17, 15) is 0 Å². The molecule has 0 bridgehead atoms. The van der Waals surface area contributed by atoms with Crippen molar-refractivity contribution in [3.8, 4) is 0 Å². The van der Waals surface area contributed by atoms with Crippen molar-refractivity contribution in [1.82, 2.24) is 0 Å². The molecule has 2 aliphatic carbocycles. The van der Waals surface area contributed by atoms with Crippen LogP contribution in [0.4, 0.5) is 0 Å². The average Bonchev–Trinajstić information content (AvgIpc) is 3.54. The average molecular weight is 363 g/mol. The Bertz CT molecular complexity index is 394. The fourth-order valence-corrected chi connectivity index (χ4v) is 6.40. The summed E-state index contributed by atoms with van der Waals surface area (Å²) in [6.07, 6.45) is 21.5. The summed E-state index contributed by atoms with van der Waals surface area (Å²) in [5.41, 5.74) is 0. The molecular formula is C24H42O2. The predicted octanol–water partition coefficient (Wildman–Crippen LogP) is 6.37. The first-order valence-corrected chi connectivity index (χ1v) is 12.0. The van der Waals surface area contributed by atoms with Gasteiger partial charge >= 0.3 is 0 Å². The first-order chi connectivity index (χ1) is 12.8. The van der Waals surface area contributed by atoms with Gasteiger partial charge in [0.25, 0.3) is 0 Å². The summed E-state index contributed by atoms with van der Waals surface area (Å²) >= 11 is 0. The van der Waals surface area contributed by atoms with Crippen molar-refractivity contribution in [3.05, 3.63) is 0 Å². The molecule has 0 amide bonds. The van der Waals surface area contributed by atoms with Crippen molar-refractivity contribution >= 4 is 0 Å². The van der Waals surface area contributed by atoms with E-state index >= 15 is 0 Å². The smallest absolute Gasteiger partial charge is 0.0860 e. The van der Waals surface area contributed by atoms with Crippen LogP contribution in [-0.2, 0) is 9.47 Å². The highest BCUT2D eigenvalue weighted by Crippen LogP contribution is 2.43. The van der Waals surface area contributed by atoms with Crippen LogP contribution >= 0.6 is 0 Å². The van der Waals surface area contributed by atoms with Crippen molar-refractivity contribution in [3.63, 3.8) is 0 Å². The third-order valence-corrected chi connectivity index (χ3v) is 8.33. The van der Waals surface area contributed by atoms with E-state index in [0.717, 1.165) is 36.9 Å². The number of hydrogen-bond acceptors (Lipinski definition) is 2. The van der Waals surface area contributed by atoms with Crippen LogP contribution in [0.5, 0.6) is 0 Å². The summed E-state index contributed by atoms with van der Waals surface area (Å²) in [5, 5.41) is 0. The molecule has 3 atom stereocenters. The van der Waals surface area contributed by atoms with Gasteiger partial charge in [0.15, 0.2) is 0 Å². The van der Waals surface area contributed by atoms with E-state index in [0.29, 0.717) is 18.1 Å². The van der Waals surface area contributed by atoms with Gasteiger partial charge < -0.3 is 9.47 Å². The zero-order valence-corrected chi connectivity index (χ0v) is 17.2. The van der Waals surface area contributed by atoms with Crippen LogP contribution in [0, 0.1) is 29.6 Å². The highest BCUT2D eigenvalue weighted by Gasteiger charge is 2.36. The molecule has 26 heavy (non-hydrogen) atoms. The first kappa shape index (κ1) is 19.2. The van der Waals surface area contributed by atoms with E-state index < -0.39 is 0 Å². The molecule has 2 heterocycles. The van der Waals surface area contributed by atoms with E-state index in [1.165, 1.54) is 77.0 Å². The Kier molecular flexibility index (Phi) is 6.97. The third-order valence-electron chi connectivity index (χ3n) is 8.33. The summed E-state index contributed by atoms with van der Waals surface area (Å²) in [6, 6.07) is 0. The predicted molar refractivity (Wildman–Crippen MR) is 107 cm³/mol. The van der Waals surface area contributed by atoms with E-state index in [1.54, 1.807) is 12.8 Å². The van der Waals surface area contributed by atoms with Gasteiger partial charge in [0.05, 0.1) is 25.4 Å². The van der Waals surface area contributed by atoms with Crippen LogP contribution < -0.4 is 0 Å². The molecule has 0 aromatic heterocycles. The van der Waals surface area contributed by atoms with Crippen LogP contribution in [0.25, 0.3) is 0 Å². The SMILES string of the molecule is CCCC1CCC(C2CCC(CCC3CCC(C4CO4)CO3)CC2)CC1. The zero-order valence-electron chi connectivity index (χ0n) is 17.2. The Morgan fingerprint density at radius 2 is 1.15 bits per heavy atom. The van der Waals surface area contributed by atoms with E-state index in [-0.39, 0.29) is 0 Å². The Morgan fingerprint density at radius 1 is 0.577 bits per heavy atom. The lowest BCUT2D eigenvalue weighted by Crippen LogP contribution is -2.30. The number of epoxide rings is 1. The minimum absolute atomic E-state index is 0.545. The van der Waals surface area contributed by atoms with Gasteiger partial charge in [-0.2, -0.15) is 0 Å². The van der Waals surface area contributed by atoms with Crippen molar-refractivity contribution in [2.24, 2.45) is 29.6 Å². The quantitative estimate of drug-likeness (QED) is 0.491. The topological polar surface area (TPSA) is 21.8 Å². The molecule has 3 unspecified atom stereocenters. The molecule has 2 saturated heterocycles. The monoisotopic (exact) mass is 362 g/mol. The summed E-state index contributed by atoms with van der Waals surface area (Å²) in [7, 11) is 0. The lowest BCUT2D eigenvalue weighted by atomic mass is 9.68. The van der Waals surface area contributed by atoms with Crippen LogP contribution in [0.2, 0.25) is 0 Å². The second-order valence-electron chi connectivity index (χ2n) is 10.1. The maximum atomic E-state index is 6.15. The number of hydrogen-bond donors (Lipinski definition) is 0. The molecule has 0 radical (unpaired) electrons. The Labute approximate surface area is 161 Å². The molecule has 0 aromatic carbocycles. The Morgan fingerprint density at radius 3 is 1.65 bits per heavy atom. The van der Waals surface area contributed by atoms with Gasteiger partial charge in [0, 0.05) is 5.92 Å². The first-order valence-electron chi connectivity index (χ1n) is 12.0. The molecule has 4 aliphatic rings. The minimum atomic E-state index is 0.545. The normalized spacial score (nSPS) is 44.0. The standard InChI is InChI=1S/C24H42O2/c1-2-3-18-4-9-20(10-5-18)21-11-6-19(7-12-21)8-14-23-15-13-22(16-25-23)24-17-26-24/h18-24H,2-17H2,1H3. The van der Waals surface area contributed by atoms with Crippen molar-refractivity contribution in [1.29, 1.82) is 0 Å². The lowest BCUT2D eigenvalue weighted by molar-refractivity contribution is -0.0299. The van der Waals surface area contributed by atoms with Gasteiger partial charge in [0.2, 0.25) is 0 Å². The van der Waals surface area contributed by atoms with E-state index in [1.807, 2.05) is 0 Å². The highest BCUT2D eigenvalue weighted by molar-refractivity contribution is 4.85. The molecule has 4 fully saturated rings. The fourth-order valence-electron chi connectivity index (χ4n) is 6.40. The Balaban J connectivity index is 1.09. The maximum absolute atomic E-state index is 6.15. The molecule has 4 rings (SSSR count). The van der Waals surface area contributed by atoms with Crippen molar-refractivity contribution < 1.29 is 9.47 Å². The zero-order chi connectivity index (χ0) is 17.8. The van der Waals surface area contributed by atoms with Gasteiger partial charge in [-0.05, 0) is 75.0 Å². The van der Waals surface area contributed by atoms with Gasteiger partial charge in [0.1, 0.15) is 0 Å². The summed E-state index contributed by atoms with van der Waals surface area (Å²) in [6.45, 7) is 4.30. The summed E-state index contributed by atoms with van der Waals surface area (Å²) in [5.74, 6) is 4.91. The van der Waals surface area contributed by atoms with Gasteiger partial charge in [-0.15, -0.1) is 0 Å². The second kappa shape index (κ2) is 9.41. The van der Waals surface area contributed by atoms with Gasteiger partial charge in [-0.1, -0.05) is 45.4 Å². The molecule has 2 nitrogen and oxygen atoms in total. The molecule has 150 valence electrons. The summed E-state index contributed by atoms with van der Waals surface area (Å²) < 4.78 is 11.6. The fraction of sp³-hybridized carbons (Fsp3) is 1.00. The van der Waals surface area contributed by atoms with Crippen LogP contribution in [-0.4, -0.2) is 25.4 Å². The van der Waals surface area contributed by atoms with E-state index in [2.05, 4.69) is 6.92 Å². The molecule has 2 aliphatic heterocycles. The lowest BCUT2D eigenvalue weighted by Gasteiger charge is -2.38. The molecule has 0 aromatic rings. The number of ether oxygens (including phenoxy) is 2. The third kappa shape index (κ3) is 5.25. The highest BCUT2D eigenvalue weighted by atomic mass is 16.6. The van der Waals surface area contributed by atoms with Crippen molar-refractivity contribution in [2.45, 2.75) is 109 Å². The second-order valence-corrected chi connectivity index (χ2v) is 10.1. The molecule has 2 saturated carbocycles. The summed E-state index contributed by atoms with van der Waals surface area (Å²) in [4.78, 5) is 0. The molecular weight excluding hydrogens is 320 g/mol. The maximum Gasteiger partial charge on any atom is 0.0860 e. The van der Waals surface area contributed by atoms with Crippen LogP contribution in [0.1, 0.15) is 96.8 Å².